The highest BCUT2D eigenvalue weighted by molar-refractivity contribution is 7.12. The zero-order valence-electron chi connectivity index (χ0n) is 12.5. The predicted molar refractivity (Wildman–Crippen MR) is 88.6 cm³/mol. The van der Waals surface area contributed by atoms with Gasteiger partial charge in [-0.15, -0.1) is 11.3 Å². The van der Waals surface area contributed by atoms with Crippen LogP contribution in [0.15, 0.2) is 41.8 Å². The number of rotatable bonds is 6. The SMILES string of the molecule is CCN(CC(=O)Nc1ccsc1C(=O)OC)c1ccccc1. The van der Waals surface area contributed by atoms with Crippen molar-refractivity contribution in [1.82, 2.24) is 0 Å². The minimum Gasteiger partial charge on any atom is -0.465 e. The first kappa shape index (κ1) is 16.0. The maximum Gasteiger partial charge on any atom is 0.350 e. The number of likely N-dealkylation sites (N-methyl/N-ethyl adjacent to an activating group) is 1. The topological polar surface area (TPSA) is 58.6 Å². The van der Waals surface area contributed by atoms with Crippen molar-refractivity contribution in [2.75, 3.05) is 30.4 Å². The van der Waals surface area contributed by atoms with Gasteiger partial charge in [0, 0.05) is 12.2 Å². The smallest absolute Gasteiger partial charge is 0.350 e. The first-order valence-electron chi connectivity index (χ1n) is 6.91. The molecule has 0 atom stereocenters. The van der Waals surface area contributed by atoms with E-state index in [1.807, 2.05) is 42.2 Å². The van der Waals surface area contributed by atoms with Crippen molar-refractivity contribution in [2.24, 2.45) is 0 Å². The highest BCUT2D eigenvalue weighted by Crippen LogP contribution is 2.23. The summed E-state index contributed by atoms with van der Waals surface area (Å²) < 4.78 is 4.70. The summed E-state index contributed by atoms with van der Waals surface area (Å²) in [5, 5.41) is 4.52. The molecule has 0 saturated heterocycles. The average molecular weight is 318 g/mol. The van der Waals surface area contributed by atoms with Crippen LogP contribution in [0.5, 0.6) is 0 Å². The standard InChI is InChI=1S/C16H18N2O3S/c1-3-18(12-7-5-4-6-8-12)11-14(19)17-13-9-10-22-15(13)16(20)21-2/h4-10H,3,11H2,1-2H3,(H,17,19). The van der Waals surface area contributed by atoms with E-state index in [0.717, 1.165) is 5.69 Å². The van der Waals surface area contributed by atoms with Gasteiger partial charge in [-0.05, 0) is 30.5 Å². The van der Waals surface area contributed by atoms with E-state index < -0.39 is 5.97 Å². The summed E-state index contributed by atoms with van der Waals surface area (Å²) in [5.74, 6) is -0.616. The molecule has 0 saturated carbocycles. The van der Waals surface area contributed by atoms with Gasteiger partial charge in [-0.1, -0.05) is 18.2 Å². The lowest BCUT2D eigenvalue weighted by Gasteiger charge is -2.22. The minimum absolute atomic E-state index is 0.172. The molecular formula is C16H18N2O3S. The number of anilines is 2. The number of thiophene rings is 1. The van der Waals surface area contributed by atoms with Crippen molar-refractivity contribution in [3.8, 4) is 0 Å². The number of hydrogen-bond acceptors (Lipinski definition) is 5. The number of para-hydroxylation sites is 1. The maximum absolute atomic E-state index is 12.2. The van der Waals surface area contributed by atoms with Gasteiger partial charge in [0.1, 0.15) is 4.88 Å². The Labute approximate surface area is 133 Å². The Hall–Kier alpha value is -2.34. The molecule has 1 aromatic carbocycles. The van der Waals surface area contributed by atoms with Crippen molar-refractivity contribution < 1.29 is 14.3 Å². The average Bonchev–Trinajstić information content (AvgIpc) is 3.00. The molecular weight excluding hydrogens is 300 g/mol. The van der Waals surface area contributed by atoms with E-state index in [1.54, 1.807) is 11.4 Å². The minimum atomic E-state index is -0.444. The number of esters is 1. The second kappa shape index (κ2) is 7.61. The quantitative estimate of drug-likeness (QED) is 0.832. The Morgan fingerprint density at radius 3 is 2.59 bits per heavy atom. The highest BCUT2D eigenvalue weighted by Gasteiger charge is 2.17. The van der Waals surface area contributed by atoms with E-state index in [-0.39, 0.29) is 12.5 Å². The lowest BCUT2D eigenvalue weighted by atomic mass is 10.3. The molecule has 0 fully saturated rings. The van der Waals surface area contributed by atoms with Crippen LogP contribution in [0.3, 0.4) is 0 Å². The molecule has 116 valence electrons. The zero-order valence-corrected chi connectivity index (χ0v) is 13.4. The molecule has 0 aliphatic heterocycles. The molecule has 1 heterocycles. The van der Waals surface area contributed by atoms with E-state index in [1.165, 1.54) is 18.4 Å². The Kier molecular flexibility index (Phi) is 5.55. The normalized spacial score (nSPS) is 10.1. The number of nitrogens with zero attached hydrogens (tertiary/aromatic N) is 1. The molecule has 1 N–H and O–H groups in total. The Morgan fingerprint density at radius 2 is 1.95 bits per heavy atom. The lowest BCUT2D eigenvalue weighted by Crippen LogP contribution is -2.33. The second-order valence-electron chi connectivity index (χ2n) is 4.55. The first-order chi connectivity index (χ1) is 10.7. The van der Waals surface area contributed by atoms with Crippen LogP contribution in [0.2, 0.25) is 0 Å². The number of ether oxygens (including phenoxy) is 1. The Balaban J connectivity index is 2.04. The summed E-state index contributed by atoms with van der Waals surface area (Å²) in [7, 11) is 1.32. The number of carbonyl (C=O) groups is 2. The molecule has 0 aliphatic carbocycles. The van der Waals surface area contributed by atoms with Crippen LogP contribution >= 0.6 is 11.3 Å². The van der Waals surface area contributed by atoms with Crippen LogP contribution in [0.4, 0.5) is 11.4 Å². The third-order valence-corrected chi connectivity index (χ3v) is 4.04. The molecule has 1 amide bonds. The molecule has 0 spiro atoms. The molecule has 0 radical (unpaired) electrons. The summed E-state index contributed by atoms with van der Waals surface area (Å²) in [6.45, 7) is 2.92. The fraction of sp³-hybridized carbons (Fsp3) is 0.250. The van der Waals surface area contributed by atoms with Crippen LogP contribution < -0.4 is 10.2 Å². The van der Waals surface area contributed by atoms with Gasteiger partial charge in [0.2, 0.25) is 5.91 Å². The molecule has 22 heavy (non-hydrogen) atoms. The van der Waals surface area contributed by atoms with Crippen molar-refractivity contribution >= 4 is 34.6 Å². The summed E-state index contributed by atoms with van der Waals surface area (Å²) in [5.41, 5.74) is 1.48. The first-order valence-corrected chi connectivity index (χ1v) is 7.79. The number of methoxy groups -OCH3 is 1. The third-order valence-electron chi connectivity index (χ3n) is 3.15. The van der Waals surface area contributed by atoms with Gasteiger partial charge in [0.15, 0.2) is 0 Å². The Morgan fingerprint density at radius 1 is 1.23 bits per heavy atom. The van der Waals surface area contributed by atoms with E-state index in [2.05, 4.69) is 5.32 Å². The number of carbonyl (C=O) groups excluding carboxylic acids is 2. The van der Waals surface area contributed by atoms with Gasteiger partial charge in [-0.25, -0.2) is 4.79 Å². The summed E-state index contributed by atoms with van der Waals surface area (Å²) in [6, 6.07) is 11.4. The molecule has 0 aliphatic rings. The summed E-state index contributed by atoms with van der Waals surface area (Å²) >= 11 is 1.24. The van der Waals surface area contributed by atoms with Gasteiger partial charge in [0.25, 0.3) is 0 Å². The van der Waals surface area contributed by atoms with Crippen molar-refractivity contribution in [1.29, 1.82) is 0 Å². The van der Waals surface area contributed by atoms with Crippen LogP contribution in [-0.4, -0.2) is 32.1 Å². The van der Waals surface area contributed by atoms with Crippen molar-refractivity contribution in [3.63, 3.8) is 0 Å². The van der Waals surface area contributed by atoms with Gasteiger partial charge < -0.3 is 15.0 Å². The van der Waals surface area contributed by atoms with E-state index in [4.69, 9.17) is 4.74 Å². The molecule has 6 heteroatoms. The van der Waals surface area contributed by atoms with Gasteiger partial charge in [-0.2, -0.15) is 0 Å². The van der Waals surface area contributed by atoms with Crippen LogP contribution in [0.25, 0.3) is 0 Å². The molecule has 5 nitrogen and oxygen atoms in total. The molecule has 0 unspecified atom stereocenters. The number of amides is 1. The van der Waals surface area contributed by atoms with E-state index >= 15 is 0 Å². The second-order valence-corrected chi connectivity index (χ2v) is 5.47. The van der Waals surface area contributed by atoms with E-state index in [0.29, 0.717) is 17.1 Å². The zero-order chi connectivity index (χ0) is 15.9. The lowest BCUT2D eigenvalue weighted by molar-refractivity contribution is -0.115. The van der Waals surface area contributed by atoms with Gasteiger partial charge >= 0.3 is 5.97 Å². The van der Waals surface area contributed by atoms with E-state index in [9.17, 15) is 9.59 Å². The summed E-state index contributed by atoms with van der Waals surface area (Å²) in [4.78, 5) is 26.2. The number of hydrogen-bond donors (Lipinski definition) is 1. The molecule has 2 rings (SSSR count). The van der Waals surface area contributed by atoms with Crippen molar-refractivity contribution in [3.05, 3.63) is 46.7 Å². The van der Waals surface area contributed by atoms with Crippen LogP contribution in [-0.2, 0) is 9.53 Å². The van der Waals surface area contributed by atoms with Crippen molar-refractivity contribution in [2.45, 2.75) is 6.92 Å². The van der Waals surface area contributed by atoms with Crippen LogP contribution in [0.1, 0.15) is 16.6 Å². The highest BCUT2D eigenvalue weighted by atomic mass is 32.1. The van der Waals surface area contributed by atoms with Gasteiger partial charge in [0.05, 0.1) is 19.3 Å². The molecule has 1 aromatic heterocycles. The largest absolute Gasteiger partial charge is 0.465 e. The van der Waals surface area contributed by atoms with Gasteiger partial charge in [-0.3, -0.25) is 4.79 Å². The number of nitrogens with one attached hydrogen (secondary N) is 1. The monoisotopic (exact) mass is 318 g/mol. The van der Waals surface area contributed by atoms with Crippen LogP contribution in [0, 0.1) is 0 Å². The predicted octanol–water partition coefficient (Wildman–Crippen LogP) is 3.00. The third kappa shape index (κ3) is 3.85. The fourth-order valence-electron chi connectivity index (χ4n) is 2.05. The maximum atomic E-state index is 12.2. The molecule has 2 aromatic rings. The summed E-state index contributed by atoms with van der Waals surface area (Å²) in [6.07, 6.45) is 0. The fourth-order valence-corrected chi connectivity index (χ4v) is 2.81. The molecule has 0 bridgehead atoms. The number of benzene rings is 1. The Bertz CT molecular complexity index is 640.